The first-order valence-corrected chi connectivity index (χ1v) is 7.88. The first-order chi connectivity index (χ1) is 9.67. The maximum absolute atomic E-state index is 6.06. The van der Waals surface area contributed by atoms with Gasteiger partial charge < -0.3 is 15.2 Å². The summed E-state index contributed by atoms with van der Waals surface area (Å²) in [6, 6.07) is 6.03. The van der Waals surface area contributed by atoms with E-state index >= 15 is 0 Å². The van der Waals surface area contributed by atoms with Crippen LogP contribution >= 0.6 is 15.9 Å². The summed E-state index contributed by atoms with van der Waals surface area (Å²) < 4.78 is 11.9. The first kappa shape index (κ1) is 17.4. The molecule has 0 aliphatic carbocycles. The fraction of sp³-hybridized carbons (Fsp3) is 0.600. The van der Waals surface area contributed by atoms with Crippen LogP contribution in [0.5, 0.6) is 0 Å². The zero-order valence-electron chi connectivity index (χ0n) is 12.4. The molecule has 4 nitrogen and oxygen atoms in total. The second kappa shape index (κ2) is 10.2. The van der Waals surface area contributed by atoms with Crippen LogP contribution < -0.4 is 5.73 Å². The number of nitrogens with two attached hydrogens (primary N) is 1. The topological polar surface area (TPSA) is 47.7 Å². The summed E-state index contributed by atoms with van der Waals surface area (Å²) in [6.07, 6.45) is 0. The molecule has 0 heterocycles. The fourth-order valence-electron chi connectivity index (χ4n) is 1.90. The second-order valence-electron chi connectivity index (χ2n) is 4.51. The van der Waals surface area contributed by atoms with Crippen LogP contribution in [0.4, 0.5) is 5.69 Å². The minimum absolute atomic E-state index is 0.735. The van der Waals surface area contributed by atoms with Crippen molar-refractivity contribution in [3.8, 4) is 0 Å². The summed E-state index contributed by atoms with van der Waals surface area (Å²) in [4.78, 5) is 2.31. The van der Waals surface area contributed by atoms with Crippen molar-refractivity contribution >= 4 is 21.6 Å². The highest BCUT2D eigenvalue weighted by Crippen LogP contribution is 2.19. The van der Waals surface area contributed by atoms with Gasteiger partial charge in [0.05, 0.1) is 13.2 Å². The van der Waals surface area contributed by atoms with Crippen LogP contribution in [0.25, 0.3) is 0 Å². The van der Waals surface area contributed by atoms with Crippen molar-refractivity contribution in [2.24, 2.45) is 0 Å². The SMILES string of the molecule is CCOCCN(CCOCC)Cc1ccc(Br)cc1N. The van der Waals surface area contributed by atoms with Gasteiger partial charge in [0.1, 0.15) is 0 Å². The number of anilines is 1. The van der Waals surface area contributed by atoms with Gasteiger partial charge in [-0.2, -0.15) is 0 Å². The van der Waals surface area contributed by atoms with E-state index in [0.29, 0.717) is 0 Å². The van der Waals surface area contributed by atoms with Gasteiger partial charge in [0.2, 0.25) is 0 Å². The van der Waals surface area contributed by atoms with Gasteiger partial charge in [0.25, 0.3) is 0 Å². The average Bonchev–Trinajstić information content (AvgIpc) is 2.42. The predicted molar refractivity (Wildman–Crippen MR) is 86.8 cm³/mol. The highest BCUT2D eigenvalue weighted by atomic mass is 79.9. The van der Waals surface area contributed by atoms with Gasteiger partial charge in [-0.3, -0.25) is 4.90 Å². The molecule has 5 heteroatoms. The average molecular weight is 345 g/mol. The Morgan fingerprint density at radius 3 is 2.20 bits per heavy atom. The number of halogens is 1. The van der Waals surface area contributed by atoms with Gasteiger partial charge in [-0.15, -0.1) is 0 Å². The Kier molecular flexibility index (Phi) is 8.85. The fourth-order valence-corrected chi connectivity index (χ4v) is 2.28. The zero-order chi connectivity index (χ0) is 14.8. The van der Waals surface area contributed by atoms with E-state index < -0.39 is 0 Å². The van der Waals surface area contributed by atoms with E-state index in [-0.39, 0.29) is 0 Å². The lowest BCUT2D eigenvalue weighted by atomic mass is 10.1. The predicted octanol–water partition coefficient (Wildman–Crippen LogP) is 2.91. The third-order valence-corrected chi connectivity index (χ3v) is 3.51. The molecule has 0 radical (unpaired) electrons. The standard InChI is InChI=1S/C15H25BrN2O2/c1-3-19-9-7-18(8-10-20-4-2)12-13-5-6-14(16)11-15(13)17/h5-6,11H,3-4,7-10,12,17H2,1-2H3. The van der Waals surface area contributed by atoms with Crippen LogP contribution in [0.15, 0.2) is 22.7 Å². The number of nitrogen functional groups attached to an aromatic ring is 1. The lowest BCUT2D eigenvalue weighted by Gasteiger charge is -2.23. The monoisotopic (exact) mass is 344 g/mol. The molecule has 1 rings (SSSR count). The molecule has 0 aliphatic heterocycles. The van der Waals surface area contributed by atoms with Gasteiger partial charge in [-0.05, 0) is 31.5 Å². The van der Waals surface area contributed by atoms with Crippen molar-refractivity contribution in [2.75, 3.05) is 45.3 Å². The second-order valence-corrected chi connectivity index (χ2v) is 5.43. The van der Waals surface area contributed by atoms with E-state index in [9.17, 15) is 0 Å². The molecule has 0 amide bonds. The smallest absolute Gasteiger partial charge is 0.0593 e. The lowest BCUT2D eigenvalue weighted by Crippen LogP contribution is -2.31. The molecule has 0 bridgehead atoms. The molecular weight excluding hydrogens is 320 g/mol. The van der Waals surface area contributed by atoms with Crippen molar-refractivity contribution in [1.82, 2.24) is 4.90 Å². The highest BCUT2D eigenvalue weighted by Gasteiger charge is 2.08. The number of nitrogens with zero attached hydrogens (tertiary/aromatic N) is 1. The van der Waals surface area contributed by atoms with Gasteiger partial charge >= 0.3 is 0 Å². The Balaban J connectivity index is 2.56. The summed E-state index contributed by atoms with van der Waals surface area (Å²) in [7, 11) is 0. The number of rotatable bonds is 10. The molecule has 0 aliphatic rings. The van der Waals surface area contributed by atoms with Crippen LogP contribution in [0, 0.1) is 0 Å². The van der Waals surface area contributed by atoms with Crippen LogP contribution in [0.2, 0.25) is 0 Å². The van der Waals surface area contributed by atoms with Gasteiger partial charge in [-0.1, -0.05) is 22.0 Å². The molecule has 0 aromatic heterocycles. The van der Waals surface area contributed by atoms with Crippen LogP contribution in [-0.2, 0) is 16.0 Å². The summed E-state index contributed by atoms with van der Waals surface area (Å²) in [5.74, 6) is 0. The summed E-state index contributed by atoms with van der Waals surface area (Å²) in [5, 5.41) is 0. The number of hydrogen-bond acceptors (Lipinski definition) is 4. The van der Waals surface area contributed by atoms with Crippen molar-refractivity contribution in [2.45, 2.75) is 20.4 Å². The van der Waals surface area contributed by atoms with Gasteiger partial charge in [0.15, 0.2) is 0 Å². The third kappa shape index (κ3) is 6.70. The maximum Gasteiger partial charge on any atom is 0.0593 e. The van der Waals surface area contributed by atoms with E-state index in [4.69, 9.17) is 15.2 Å². The quantitative estimate of drug-likeness (QED) is 0.523. The lowest BCUT2D eigenvalue weighted by molar-refractivity contribution is 0.0798. The Labute approximate surface area is 130 Å². The van der Waals surface area contributed by atoms with E-state index in [0.717, 1.165) is 61.8 Å². The van der Waals surface area contributed by atoms with Crippen molar-refractivity contribution in [3.05, 3.63) is 28.2 Å². The van der Waals surface area contributed by atoms with Crippen LogP contribution in [0.1, 0.15) is 19.4 Å². The number of ether oxygens (including phenoxy) is 2. The molecule has 0 atom stereocenters. The Bertz CT molecular complexity index is 378. The molecule has 0 saturated carbocycles. The molecule has 114 valence electrons. The molecule has 20 heavy (non-hydrogen) atoms. The number of hydrogen-bond donors (Lipinski definition) is 1. The van der Waals surface area contributed by atoms with E-state index in [1.165, 1.54) is 0 Å². The molecule has 0 saturated heterocycles. The molecule has 0 spiro atoms. The molecule has 2 N–H and O–H groups in total. The molecular formula is C15H25BrN2O2. The summed E-state index contributed by atoms with van der Waals surface area (Å²) in [5.41, 5.74) is 8.02. The molecule has 0 fully saturated rings. The normalized spacial score (nSPS) is 11.2. The zero-order valence-corrected chi connectivity index (χ0v) is 14.0. The van der Waals surface area contributed by atoms with E-state index in [1.807, 2.05) is 26.0 Å². The van der Waals surface area contributed by atoms with E-state index in [2.05, 4.69) is 26.9 Å². The van der Waals surface area contributed by atoms with Crippen LogP contribution in [-0.4, -0.2) is 44.4 Å². The Hall–Kier alpha value is -0.620. The van der Waals surface area contributed by atoms with E-state index in [1.54, 1.807) is 0 Å². The first-order valence-electron chi connectivity index (χ1n) is 7.09. The largest absolute Gasteiger partial charge is 0.398 e. The summed E-state index contributed by atoms with van der Waals surface area (Å²) >= 11 is 3.43. The molecule has 0 unspecified atom stereocenters. The van der Waals surface area contributed by atoms with Crippen molar-refractivity contribution < 1.29 is 9.47 Å². The minimum Gasteiger partial charge on any atom is -0.398 e. The van der Waals surface area contributed by atoms with Gasteiger partial charge in [0, 0.05) is 43.0 Å². The van der Waals surface area contributed by atoms with Crippen molar-refractivity contribution in [3.63, 3.8) is 0 Å². The van der Waals surface area contributed by atoms with Crippen LogP contribution in [0.3, 0.4) is 0 Å². The molecule has 1 aromatic rings. The number of benzene rings is 1. The van der Waals surface area contributed by atoms with Gasteiger partial charge in [-0.25, -0.2) is 0 Å². The minimum atomic E-state index is 0.735. The summed E-state index contributed by atoms with van der Waals surface area (Å²) in [6.45, 7) is 9.58. The Morgan fingerprint density at radius 1 is 1.10 bits per heavy atom. The molecule has 1 aromatic carbocycles. The van der Waals surface area contributed by atoms with Crippen molar-refractivity contribution in [1.29, 1.82) is 0 Å². The maximum atomic E-state index is 6.06. The Morgan fingerprint density at radius 2 is 1.70 bits per heavy atom. The highest BCUT2D eigenvalue weighted by molar-refractivity contribution is 9.10. The third-order valence-electron chi connectivity index (χ3n) is 3.01.